The lowest BCUT2D eigenvalue weighted by Gasteiger charge is -2.19. The molecule has 2 aromatic carbocycles. The summed E-state index contributed by atoms with van der Waals surface area (Å²) in [7, 11) is 0. The van der Waals surface area contributed by atoms with E-state index in [-0.39, 0.29) is 0 Å². The van der Waals surface area contributed by atoms with Gasteiger partial charge in [0.1, 0.15) is 12.4 Å². The predicted molar refractivity (Wildman–Crippen MR) is 160 cm³/mol. The maximum atomic E-state index is 12.0. The highest BCUT2D eigenvalue weighted by Crippen LogP contribution is 2.33. The number of pyridine rings is 2. The molecule has 7 heteroatoms. The molecule has 3 heterocycles. The van der Waals surface area contributed by atoms with Crippen molar-refractivity contribution in [3.63, 3.8) is 0 Å². The number of carbonyl (C=O) groups is 1. The van der Waals surface area contributed by atoms with Crippen molar-refractivity contribution in [2.24, 2.45) is 5.41 Å². The highest BCUT2D eigenvalue weighted by molar-refractivity contribution is 5.87. The van der Waals surface area contributed by atoms with Gasteiger partial charge < -0.3 is 19.6 Å². The number of hydrogen-bond acceptors (Lipinski definition) is 5. The summed E-state index contributed by atoms with van der Waals surface area (Å²) in [5, 5.41) is 10.9. The Morgan fingerprint density at radius 2 is 1.71 bits per heavy atom. The molecule has 0 aliphatic heterocycles. The number of aromatic nitrogens is 3. The molecule has 0 radical (unpaired) electrons. The third kappa shape index (κ3) is 6.57. The number of carboxylic acid groups (broad SMARTS) is 1. The molecule has 3 aromatic heterocycles. The number of fused-ring (bicyclic) bond motifs is 1. The second-order valence-corrected chi connectivity index (χ2v) is 11.0. The van der Waals surface area contributed by atoms with Crippen molar-refractivity contribution in [2.45, 2.75) is 47.1 Å². The van der Waals surface area contributed by atoms with Gasteiger partial charge in [-0.2, -0.15) is 0 Å². The third-order valence-corrected chi connectivity index (χ3v) is 7.22. The molecule has 0 aliphatic rings. The Morgan fingerprint density at radius 3 is 2.37 bits per heavy atom. The fraction of sp³-hybridized carbons (Fsp3) is 0.265. The zero-order chi connectivity index (χ0) is 29.0. The van der Waals surface area contributed by atoms with Crippen LogP contribution in [-0.4, -0.2) is 32.6 Å². The zero-order valence-electron chi connectivity index (χ0n) is 23.9. The molecule has 0 aliphatic carbocycles. The molecule has 0 fully saturated rings. The summed E-state index contributed by atoms with van der Waals surface area (Å²) in [4.78, 5) is 24.3. The van der Waals surface area contributed by atoms with Gasteiger partial charge in [0.2, 0.25) is 5.88 Å². The van der Waals surface area contributed by atoms with Gasteiger partial charge in [-0.3, -0.25) is 9.78 Å². The summed E-state index contributed by atoms with van der Waals surface area (Å²) in [5.74, 6) is 0.523. The average Bonchev–Trinajstić information content (AvgIpc) is 3.29. The number of nitrogens with zero attached hydrogens (tertiary/aromatic N) is 2. The summed E-state index contributed by atoms with van der Waals surface area (Å²) < 4.78 is 11.6. The van der Waals surface area contributed by atoms with E-state index < -0.39 is 11.4 Å². The number of benzene rings is 2. The Morgan fingerprint density at radius 1 is 0.927 bits per heavy atom. The second kappa shape index (κ2) is 11.8. The number of carboxylic acids is 1. The van der Waals surface area contributed by atoms with Crippen molar-refractivity contribution in [3.8, 4) is 22.8 Å². The van der Waals surface area contributed by atoms with Gasteiger partial charge in [-0.05, 0) is 86.7 Å². The van der Waals surface area contributed by atoms with Gasteiger partial charge in [-0.15, -0.1) is 0 Å². The lowest BCUT2D eigenvalue weighted by Crippen LogP contribution is -2.26. The first-order valence-electron chi connectivity index (χ1n) is 13.8. The molecule has 0 saturated heterocycles. The van der Waals surface area contributed by atoms with Crippen molar-refractivity contribution >= 4 is 16.9 Å². The summed E-state index contributed by atoms with van der Waals surface area (Å²) in [5.41, 5.74) is 7.19. The lowest BCUT2D eigenvalue weighted by molar-refractivity contribution is -0.146. The molecule has 0 amide bonds. The molecule has 0 unspecified atom stereocenters. The van der Waals surface area contributed by atoms with Crippen LogP contribution in [0.4, 0.5) is 0 Å². The number of hydrogen-bond donors (Lipinski definition) is 2. The van der Waals surface area contributed by atoms with Gasteiger partial charge in [0.05, 0.1) is 17.7 Å². The number of rotatable bonds is 11. The van der Waals surface area contributed by atoms with Crippen LogP contribution in [-0.2, 0) is 24.2 Å². The summed E-state index contributed by atoms with van der Waals surface area (Å²) >= 11 is 0. The number of aliphatic carboxylic acids is 1. The van der Waals surface area contributed by atoms with Crippen LogP contribution in [0.1, 0.15) is 48.8 Å². The Balaban J connectivity index is 1.43. The highest BCUT2D eigenvalue weighted by Gasteiger charge is 2.30. The van der Waals surface area contributed by atoms with E-state index in [0.717, 1.165) is 55.9 Å². The molecule has 5 aromatic rings. The molecular weight excluding hydrogens is 514 g/mol. The van der Waals surface area contributed by atoms with E-state index in [1.54, 1.807) is 13.8 Å². The maximum absolute atomic E-state index is 12.0. The molecule has 0 saturated carbocycles. The lowest BCUT2D eigenvalue weighted by atomic mass is 9.86. The smallest absolute Gasteiger partial charge is 0.309 e. The molecule has 7 nitrogen and oxygen atoms in total. The van der Waals surface area contributed by atoms with E-state index in [1.165, 1.54) is 0 Å². The minimum Gasteiger partial charge on any atom is -0.487 e. The van der Waals surface area contributed by atoms with Gasteiger partial charge in [0.25, 0.3) is 0 Å². The molecule has 210 valence electrons. The van der Waals surface area contributed by atoms with Gasteiger partial charge in [0.15, 0.2) is 0 Å². The van der Waals surface area contributed by atoms with E-state index in [1.807, 2.05) is 68.7 Å². The van der Waals surface area contributed by atoms with E-state index >= 15 is 0 Å². The fourth-order valence-electron chi connectivity index (χ4n) is 4.79. The van der Waals surface area contributed by atoms with E-state index in [9.17, 15) is 9.90 Å². The van der Waals surface area contributed by atoms with Crippen molar-refractivity contribution in [1.82, 2.24) is 15.0 Å². The summed E-state index contributed by atoms with van der Waals surface area (Å²) in [6.45, 7) is 8.41. The first kappa shape index (κ1) is 27.9. The Hall–Kier alpha value is -4.65. The number of H-pyrrole nitrogens is 1. The van der Waals surface area contributed by atoms with Crippen molar-refractivity contribution in [3.05, 3.63) is 107 Å². The SMILES string of the molecule is CCOc1ccc(-c2ccc(Cc3c(CC(C)(C)C(=O)O)[nH]c4ccc(OCc5ccc(C)cn5)cc34)cc2)cn1. The van der Waals surface area contributed by atoms with Crippen LogP contribution in [0.25, 0.3) is 22.0 Å². The Bertz CT molecular complexity index is 1640. The molecule has 0 bridgehead atoms. The minimum atomic E-state index is -0.920. The maximum Gasteiger partial charge on any atom is 0.309 e. The monoisotopic (exact) mass is 549 g/mol. The largest absolute Gasteiger partial charge is 0.487 e. The van der Waals surface area contributed by atoms with Gasteiger partial charge in [0, 0.05) is 47.0 Å². The zero-order valence-corrected chi connectivity index (χ0v) is 23.9. The highest BCUT2D eigenvalue weighted by atomic mass is 16.5. The van der Waals surface area contributed by atoms with Crippen LogP contribution in [0.3, 0.4) is 0 Å². The Labute approximate surface area is 240 Å². The topological polar surface area (TPSA) is 97.3 Å². The number of ether oxygens (including phenoxy) is 2. The second-order valence-electron chi connectivity index (χ2n) is 11.0. The summed E-state index contributed by atoms with van der Waals surface area (Å²) in [6, 6.07) is 22.2. The first-order chi connectivity index (χ1) is 19.7. The molecule has 0 spiro atoms. The summed E-state index contributed by atoms with van der Waals surface area (Å²) in [6.07, 6.45) is 4.68. The van der Waals surface area contributed by atoms with Gasteiger partial charge in [-0.25, -0.2) is 4.98 Å². The quantitative estimate of drug-likeness (QED) is 0.182. The standard InChI is InChI=1S/C34H35N3O4/c1-5-40-32-15-11-25(20-36-32)24-9-7-23(8-10-24)16-28-29-17-27(41-21-26-12-6-22(2)19-35-26)13-14-30(29)37-31(28)18-34(3,4)33(38)39/h6-15,17,19-20,37H,5,16,18,21H2,1-4H3,(H,38,39). The number of nitrogens with one attached hydrogen (secondary N) is 1. The third-order valence-electron chi connectivity index (χ3n) is 7.22. The first-order valence-corrected chi connectivity index (χ1v) is 13.8. The Kier molecular flexibility index (Phi) is 8.06. The van der Waals surface area contributed by atoms with E-state index in [0.29, 0.717) is 31.9 Å². The van der Waals surface area contributed by atoms with Crippen LogP contribution in [0, 0.1) is 12.3 Å². The van der Waals surface area contributed by atoms with E-state index in [2.05, 4.69) is 39.2 Å². The molecule has 0 atom stereocenters. The van der Waals surface area contributed by atoms with Gasteiger partial charge >= 0.3 is 5.97 Å². The van der Waals surface area contributed by atoms with Gasteiger partial charge in [-0.1, -0.05) is 30.3 Å². The van der Waals surface area contributed by atoms with Crippen LogP contribution < -0.4 is 9.47 Å². The molecule has 5 rings (SSSR count). The minimum absolute atomic E-state index is 0.367. The average molecular weight is 550 g/mol. The molecular formula is C34H35N3O4. The predicted octanol–water partition coefficient (Wildman–Crippen LogP) is 7.16. The molecule has 41 heavy (non-hydrogen) atoms. The fourth-order valence-corrected chi connectivity index (χ4v) is 4.79. The van der Waals surface area contributed by atoms with Crippen LogP contribution in [0.5, 0.6) is 11.6 Å². The van der Waals surface area contributed by atoms with Crippen LogP contribution in [0.2, 0.25) is 0 Å². The van der Waals surface area contributed by atoms with E-state index in [4.69, 9.17) is 9.47 Å². The number of aryl methyl sites for hydroxylation is 1. The normalized spacial score (nSPS) is 11.5. The van der Waals surface area contributed by atoms with Crippen molar-refractivity contribution in [2.75, 3.05) is 6.61 Å². The van der Waals surface area contributed by atoms with Crippen molar-refractivity contribution in [1.29, 1.82) is 0 Å². The van der Waals surface area contributed by atoms with Crippen molar-refractivity contribution < 1.29 is 19.4 Å². The number of aromatic amines is 1. The van der Waals surface area contributed by atoms with Crippen LogP contribution in [0.15, 0.2) is 79.1 Å². The molecule has 2 N–H and O–H groups in total. The van der Waals surface area contributed by atoms with Crippen LogP contribution >= 0.6 is 0 Å².